The molecule has 0 aliphatic carbocycles. The average molecular weight is 420 g/mol. The van der Waals surface area contributed by atoms with Crippen LogP contribution >= 0.6 is 0 Å². The lowest BCUT2D eigenvalue weighted by Gasteiger charge is -2.16. The average Bonchev–Trinajstić information content (AvgIpc) is 3.26. The number of benzene rings is 1. The van der Waals surface area contributed by atoms with Gasteiger partial charge in [0.05, 0.1) is 17.1 Å². The van der Waals surface area contributed by atoms with Gasteiger partial charge in [0.1, 0.15) is 11.6 Å². The molecule has 0 bridgehead atoms. The zero-order valence-electron chi connectivity index (χ0n) is 16.7. The summed E-state index contributed by atoms with van der Waals surface area (Å²) in [4.78, 5) is 18.4. The van der Waals surface area contributed by atoms with E-state index in [1.165, 1.54) is 12.1 Å². The molecular formula is C19H25N5O4S. The Labute approximate surface area is 170 Å². The van der Waals surface area contributed by atoms with Gasteiger partial charge in [-0.2, -0.15) is 0 Å². The van der Waals surface area contributed by atoms with Gasteiger partial charge < -0.3 is 9.84 Å². The first-order valence-corrected chi connectivity index (χ1v) is 10.8. The highest BCUT2D eigenvalue weighted by Gasteiger charge is 2.19. The molecule has 2 aromatic rings. The lowest BCUT2D eigenvalue weighted by Crippen LogP contribution is -2.30. The topological polar surface area (TPSA) is 117 Å². The highest BCUT2D eigenvalue weighted by molar-refractivity contribution is 7.90. The number of rotatable bonds is 7. The van der Waals surface area contributed by atoms with Gasteiger partial charge >= 0.3 is 0 Å². The van der Waals surface area contributed by atoms with Gasteiger partial charge in [0.2, 0.25) is 5.91 Å². The predicted octanol–water partition coefficient (Wildman–Crippen LogP) is 1.83. The van der Waals surface area contributed by atoms with Crippen molar-refractivity contribution in [1.29, 1.82) is 0 Å². The van der Waals surface area contributed by atoms with Crippen LogP contribution in [0.15, 0.2) is 38.7 Å². The zero-order valence-corrected chi connectivity index (χ0v) is 17.5. The number of amidine groups is 1. The summed E-state index contributed by atoms with van der Waals surface area (Å²) in [6.45, 7) is 4.98. The number of nitrogens with zero attached hydrogens (tertiary/aromatic N) is 3. The lowest BCUT2D eigenvalue weighted by atomic mass is 10.2. The number of carbonyl (C=O) groups excluding carboxylic acids is 1. The maximum Gasteiger partial charge on any atom is 0.262 e. The fraction of sp³-hybridized carbons (Fsp3) is 0.421. The van der Waals surface area contributed by atoms with Crippen LogP contribution in [0.1, 0.15) is 29.9 Å². The first-order chi connectivity index (χ1) is 13.7. The van der Waals surface area contributed by atoms with E-state index in [0.29, 0.717) is 31.0 Å². The van der Waals surface area contributed by atoms with Crippen LogP contribution in [-0.4, -0.2) is 50.4 Å². The van der Waals surface area contributed by atoms with Crippen LogP contribution in [-0.2, 0) is 21.4 Å². The van der Waals surface area contributed by atoms with Gasteiger partial charge in [0.25, 0.3) is 10.0 Å². The fourth-order valence-corrected chi connectivity index (χ4v) is 4.21. The van der Waals surface area contributed by atoms with Gasteiger partial charge in [-0.1, -0.05) is 11.2 Å². The Bertz CT molecular complexity index is 1010. The van der Waals surface area contributed by atoms with Gasteiger partial charge in [-0.15, -0.1) is 0 Å². The van der Waals surface area contributed by atoms with Crippen molar-refractivity contribution in [2.45, 2.75) is 38.1 Å². The van der Waals surface area contributed by atoms with Crippen LogP contribution in [0.2, 0.25) is 0 Å². The number of sulfonamides is 1. The quantitative estimate of drug-likeness (QED) is 0.707. The molecule has 0 saturated carbocycles. The van der Waals surface area contributed by atoms with Crippen LogP contribution in [0.4, 0.5) is 5.69 Å². The molecule has 1 aromatic carbocycles. The maximum absolute atomic E-state index is 12.5. The summed E-state index contributed by atoms with van der Waals surface area (Å²) in [5.74, 6) is 0.953. The van der Waals surface area contributed by atoms with Crippen LogP contribution in [0.3, 0.4) is 0 Å². The van der Waals surface area contributed by atoms with Gasteiger partial charge in [-0.25, -0.2) is 8.42 Å². The van der Waals surface area contributed by atoms with Crippen molar-refractivity contribution in [3.8, 4) is 0 Å². The summed E-state index contributed by atoms with van der Waals surface area (Å²) in [5, 5.41) is 6.66. The molecule has 0 spiro atoms. The van der Waals surface area contributed by atoms with Gasteiger partial charge in [-0.3, -0.25) is 19.4 Å². The summed E-state index contributed by atoms with van der Waals surface area (Å²) < 4.78 is 32.7. The zero-order chi connectivity index (χ0) is 21.0. The third-order valence-corrected chi connectivity index (χ3v) is 5.96. The molecule has 0 radical (unpaired) electrons. The van der Waals surface area contributed by atoms with Crippen molar-refractivity contribution in [1.82, 2.24) is 14.8 Å². The number of nitrogens with one attached hydrogen (secondary N) is 2. The number of anilines is 1. The van der Waals surface area contributed by atoms with E-state index in [2.05, 4.69) is 20.2 Å². The van der Waals surface area contributed by atoms with Crippen molar-refractivity contribution in [3.05, 3.63) is 41.3 Å². The number of aryl methyl sites for hydroxylation is 2. The van der Waals surface area contributed by atoms with E-state index in [1.54, 1.807) is 12.1 Å². The third kappa shape index (κ3) is 5.42. The van der Waals surface area contributed by atoms with Gasteiger partial charge in [0.15, 0.2) is 0 Å². The molecule has 1 aromatic heterocycles. The van der Waals surface area contributed by atoms with E-state index in [-0.39, 0.29) is 17.3 Å². The Hall–Kier alpha value is -2.72. The van der Waals surface area contributed by atoms with Gasteiger partial charge in [-0.05, 0) is 45.5 Å². The molecular weight excluding hydrogens is 394 g/mol. The van der Waals surface area contributed by atoms with E-state index >= 15 is 0 Å². The predicted molar refractivity (Wildman–Crippen MR) is 109 cm³/mol. The summed E-state index contributed by atoms with van der Waals surface area (Å²) in [7, 11) is -1.91. The Morgan fingerprint density at radius 2 is 2.10 bits per heavy atom. The fourth-order valence-electron chi connectivity index (χ4n) is 3.08. The van der Waals surface area contributed by atoms with Crippen molar-refractivity contribution in [2.24, 2.45) is 4.99 Å². The molecule has 156 valence electrons. The number of carbonyl (C=O) groups is 1. The second kappa shape index (κ2) is 8.75. The summed E-state index contributed by atoms with van der Waals surface area (Å²) in [6, 6.07) is 6.16. The highest BCUT2D eigenvalue weighted by Crippen LogP contribution is 2.17. The maximum atomic E-state index is 12.5. The van der Waals surface area contributed by atoms with Crippen molar-refractivity contribution in [3.63, 3.8) is 0 Å². The van der Waals surface area contributed by atoms with Crippen molar-refractivity contribution in [2.75, 3.05) is 25.5 Å². The number of likely N-dealkylation sites (N-methyl/N-ethyl adjacent to an activating group) is 1. The highest BCUT2D eigenvalue weighted by atomic mass is 32.2. The molecule has 10 heteroatoms. The Kier molecular flexibility index (Phi) is 6.33. The van der Waals surface area contributed by atoms with Crippen LogP contribution in [0, 0.1) is 13.8 Å². The molecule has 2 N–H and O–H groups in total. The second-order valence-corrected chi connectivity index (χ2v) is 8.77. The molecule has 2 heterocycles. The van der Waals surface area contributed by atoms with Crippen molar-refractivity contribution >= 4 is 27.5 Å². The normalized spacial score (nSPS) is 14.1. The summed E-state index contributed by atoms with van der Waals surface area (Å²) in [6.07, 6.45) is 1.46. The first kappa shape index (κ1) is 21.0. The largest absolute Gasteiger partial charge is 0.361 e. The SMILES string of the molecule is Cc1noc(C)c1CN(C)CC(=O)Nc1cccc(S(=O)(=O)NC2=NCCC2)c1. The molecule has 1 amide bonds. The van der Waals surface area contributed by atoms with E-state index in [1.807, 2.05) is 25.8 Å². The Morgan fingerprint density at radius 3 is 2.76 bits per heavy atom. The van der Waals surface area contributed by atoms with E-state index in [0.717, 1.165) is 23.4 Å². The molecule has 1 aliphatic rings. The minimum atomic E-state index is -3.73. The van der Waals surface area contributed by atoms with E-state index < -0.39 is 10.0 Å². The number of hydrogen-bond donors (Lipinski definition) is 2. The molecule has 0 fully saturated rings. The number of hydrogen-bond acceptors (Lipinski definition) is 7. The second-order valence-electron chi connectivity index (χ2n) is 7.09. The molecule has 1 aliphatic heterocycles. The number of aliphatic imine (C=N–C) groups is 1. The van der Waals surface area contributed by atoms with Crippen LogP contribution < -0.4 is 10.0 Å². The smallest absolute Gasteiger partial charge is 0.262 e. The number of aromatic nitrogens is 1. The lowest BCUT2D eigenvalue weighted by molar-refractivity contribution is -0.117. The van der Waals surface area contributed by atoms with E-state index in [9.17, 15) is 13.2 Å². The van der Waals surface area contributed by atoms with Gasteiger partial charge in [0, 0.05) is 30.8 Å². The first-order valence-electron chi connectivity index (χ1n) is 9.31. The minimum Gasteiger partial charge on any atom is -0.361 e. The molecule has 0 unspecified atom stereocenters. The van der Waals surface area contributed by atoms with Crippen LogP contribution in [0.5, 0.6) is 0 Å². The Morgan fingerprint density at radius 1 is 1.31 bits per heavy atom. The van der Waals surface area contributed by atoms with Crippen LogP contribution in [0.25, 0.3) is 0 Å². The molecule has 0 saturated heterocycles. The van der Waals surface area contributed by atoms with E-state index in [4.69, 9.17) is 4.52 Å². The third-order valence-electron chi connectivity index (χ3n) is 4.58. The standard InChI is InChI=1S/C19H25N5O4S/c1-13-17(14(2)28-22-13)11-24(3)12-19(25)21-15-6-4-7-16(10-15)29(26,27)23-18-8-5-9-20-18/h4,6-7,10H,5,8-9,11-12H2,1-3H3,(H,20,23)(H,21,25). The summed E-state index contributed by atoms with van der Waals surface area (Å²) in [5.41, 5.74) is 2.17. The monoisotopic (exact) mass is 419 g/mol. The summed E-state index contributed by atoms with van der Waals surface area (Å²) >= 11 is 0. The molecule has 0 atom stereocenters. The number of amides is 1. The molecule has 29 heavy (non-hydrogen) atoms. The molecule has 9 nitrogen and oxygen atoms in total. The Balaban J connectivity index is 1.61. The molecule has 3 rings (SSSR count). The minimum absolute atomic E-state index is 0.0778. The van der Waals surface area contributed by atoms with Crippen molar-refractivity contribution < 1.29 is 17.7 Å².